The fourth-order valence-corrected chi connectivity index (χ4v) is 4.73. The van der Waals surface area contributed by atoms with E-state index in [0.29, 0.717) is 18.3 Å². The summed E-state index contributed by atoms with van der Waals surface area (Å²) in [7, 11) is -3.82. The smallest absolute Gasteiger partial charge is 0.339 e. The third kappa shape index (κ3) is 4.18. The van der Waals surface area contributed by atoms with Crippen LogP contribution in [0.15, 0.2) is 53.4 Å². The van der Waals surface area contributed by atoms with Gasteiger partial charge in [-0.1, -0.05) is 29.8 Å². The van der Waals surface area contributed by atoms with Gasteiger partial charge in [0, 0.05) is 12.8 Å². The molecular weight excluding hydrogens is 364 g/mol. The first-order chi connectivity index (χ1) is 12.9. The highest BCUT2D eigenvalue weighted by Gasteiger charge is 2.43. The average molecular weight is 388 g/mol. The molecule has 0 N–H and O–H groups in total. The summed E-state index contributed by atoms with van der Waals surface area (Å²) in [5.74, 6) is 0.388. The van der Waals surface area contributed by atoms with Crippen LogP contribution in [-0.4, -0.2) is 27.4 Å². The van der Waals surface area contributed by atoms with Gasteiger partial charge in [-0.05, 0) is 55.5 Å². The number of aryl methyl sites for hydroxylation is 1. The molecule has 144 valence electrons. The van der Waals surface area contributed by atoms with E-state index in [1.54, 1.807) is 36.4 Å². The Morgan fingerprint density at radius 1 is 1.07 bits per heavy atom. The zero-order chi connectivity index (χ0) is 18.9. The van der Waals surface area contributed by atoms with Crippen LogP contribution in [0, 0.1) is 12.8 Å². The molecule has 2 aromatic rings. The summed E-state index contributed by atoms with van der Waals surface area (Å²) in [6.07, 6.45) is 3.85. The molecule has 0 aliphatic carbocycles. The molecule has 0 aromatic heterocycles. The Hall–Kier alpha value is -1.89. The van der Waals surface area contributed by atoms with E-state index in [9.17, 15) is 8.42 Å². The van der Waals surface area contributed by atoms with Crippen LogP contribution >= 0.6 is 0 Å². The molecule has 6 heteroatoms. The van der Waals surface area contributed by atoms with E-state index in [-0.39, 0.29) is 10.7 Å². The van der Waals surface area contributed by atoms with Crippen molar-refractivity contribution in [3.05, 3.63) is 59.7 Å². The lowest BCUT2D eigenvalue weighted by atomic mass is 9.94. The predicted molar refractivity (Wildman–Crippen MR) is 101 cm³/mol. The van der Waals surface area contributed by atoms with Crippen LogP contribution in [0.4, 0.5) is 0 Å². The Balaban J connectivity index is 1.38. The van der Waals surface area contributed by atoms with Crippen LogP contribution < -0.4 is 4.18 Å². The molecule has 0 amide bonds. The molecule has 2 aliphatic heterocycles. The monoisotopic (exact) mass is 388 g/mol. The fourth-order valence-electron chi connectivity index (χ4n) is 3.80. The molecular formula is C21H24O5S. The van der Waals surface area contributed by atoms with Crippen LogP contribution in [0.3, 0.4) is 0 Å². The summed E-state index contributed by atoms with van der Waals surface area (Å²) in [5.41, 5.74) is 2.14. The number of benzene rings is 2. The average Bonchev–Trinajstić information content (AvgIpc) is 3.27. The second kappa shape index (κ2) is 7.26. The Kier molecular flexibility index (Phi) is 4.97. The van der Waals surface area contributed by atoms with Crippen LogP contribution in [0.2, 0.25) is 0 Å². The van der Waals surface area contributed by atoms with Crippen molar-refractivity contribution in [2.45, 2.75) is 43.3 Å². The third-order valence-corrected chi connectivity index (χ3v) is 6.47. The van der Waals surface area contributed by atoms with Gasteiger partial charge in [0.1, 0.15) is 10.6 Å². The van der Waals surface area contributed by atoms with Crippen LogP contribution in [0.1, 0.15) is 30.4 Å². The van der Waals surface area contributed by atoms with Gasteiger partial charge in [-0.2, -0.15) is 8.42 Å². The molecule has 1 spiro atoms. The molecule has 5 nitrogen and oxygen atoms in total. The van der Waals surface area contributed by atoms with E-state index in [1.807, 2.05) is 19.1 Å². The van der Waals surface area contributed by atoms with Gasteiger partial charge in [-0.15, -0.1) is 0 Å². The lowest BCUT2D eigenvalue weighted by Crippen LogP contribution is -2.25. The van der Waals surface area contributed by atoms with Gasteiger partial charge in [0.25, 0.3) is 0 Å². The largest absolute Gasteiger partial charge is 0.379 e. The summed E-state index contributed by atoms with van der Waals surface area (Å²) < 4.78 is 41.7. The lowest BCUT2D eigenvalue weighted by Gasteiger charge is -2.21. The van der Waals surface area contributed by atoms with Gasteiger partial charge in [-0.3, -0.25) is 0 Å². The van der Waals surface area contributed by atoms with Crippen LogP contribution in [0.25, 0.3) is 0 Å². The Morgan fingerprint density at radius 2 is 1.81 bits per heavy atom. The maximum Gasteiger partial charge on any atom is 0.339 e. The van der Waals surface area contributed by atoms with Gasteiger partial charge in [0.05, 0.1) is 13.2 Å². The van der Waals surface area contributed by atoms with E-state index in [4.69, 9.17) is 13.7 Å². The second-order valence-corrected chi connectivity index (χ2v) is 8.99. The summed E-state index contributed by atoms with van der Waals surface area (Å²) in [6.45, 7) is 3.40. The minimum absolute atomic E-state index is 0.155. The first kappa shape index (κ1) is 18.5. The first-order valence-electron chi connectivity index (χ1n) is 9.32. The van der Waals surface area contributed by atoms with Gasteiger partial charge >= 0.3 is 10.1 Å². The molecule has 2 fully saturated rings. The van der Waals surface area contributed by atoms with Gasteiger partial charge in [-0.25, -0.2) is 0 Å². The number of hydrogen-bond donors (Lipinski definition) is 0. The third-order valence-electron chi connectivity index (χ3n) is 5.21. The minimum atomic E-state index is -3.82. The molecule has 0 unspecified atom stereocenters. The Morgan fingerprint density at radius 3 is 2.48 bits per heavy atom. The highest BCUT2D eigenvalue weighted by Crippen LogP contribution is 2.40. The minimum Gasteiger partial charge on any atom is -0.379 e. The van der Waals surface area contributed by atoms with Gasteiger partial charge in [0.2, 0.25) is 0 Å². The topological polar surface area (TPSA) is 61.8 Å². The van der Waals surface area contributed by atoms with Crippen LogP contribution in [-0.2, 0) is 26.0 Å². The summed E-state index contributed by atoms with van der Waals surface area (Å²) in [4.78, 5) is 0.155. The maximum atomic E-state index is 12.4. The van der Waals surface area contributed by atoms with Crippen molar-refractivity contribution in [3.8, 4) is 5.75 Å². The SMILES string of the molecule is Cc1ccc(S(=O)(=O)Oc2ccc(C[C@H]3CO[C@]4(CCCO4)C3)cc2)cc1. The van der Waals surface area contributed by atoms with E-state index in [1.165, 1.54) is 0 Å². The van der Waals surface area contributed by atoms with E-state index >= 15 is 0 Å². The standard InChI is InChI=1S/C21H24O5S/c1-16-3-9-20(10-4-16)27(22,23)26-19-7-5-17(6-8-19)13-18-14-21(25-15-18)11-2-12-24-21/h3-10,18H,2,11-15H2,1H3/t18-,21-/m1/s1. The van der Waals surface area contributed by atoms with Crippen molar-refractivity contribution in [2.75, 3.05) is 13.2 Å². The highest BCUT2D eigenvalue weighted by atomic mass is 32.2. The zero-order valence-corrected chi connectivity index (χ0v) is 16.2. The van der Waals surface area contributed by atoms with E-state index in [2.05, 4.69) is 0 Å². The summed E-state index contributed by atoms with van der Waals surface area (Å²) >= 11 is 0. The number of hydrogen-bond acceptors (Lipinski definition) is 5. The van der Waals surface area contributed by atoms with Crippen LogP contribution in [0.5, 0.6) is 5.75 Å². The van der Waals surface area contributed by atoms with Gasteiger partial charge in [0.15, 0.2) is 5.79 Å². The molecule has 2 aromatic carbocycles. The molecule has 2 saturated heterocycles. The zero-order valence-electron chi connectivity index (χ0n) is 15.4. The molecule has 2 heterocycles. The molecule has 27 heavy (non-hydrogen) atoms. The maximum absolute atomic E-state index is 12.4. The summed E-state index contributed by atoms with van der Waals surface area (Å²) in [5, 5.41) is 0. The molecule has 0 radical (unpaired) electrons. The number of rotatable bonds is 5. The van der Waals surface area contributed by atoms with Gasteiger partial charge < -0.3 is 13.7 Å². The molecule has 0 bridgehead atoms. The molecule has 2 aliphatic rings. The second-order valence-electron chi connectivity index (χ2n) is 7.44. The molecule has 2 atom stereocenters. The van der Waals surface area contributed by atoms with Crippen molar-refractivity contribution in [3.63, 3.8) is 0 Å². The lowest BCUT2D eigenvalue weighted by molar-refractivity contribution is -0.178. The van der Waals surface area contributed by atoms with Crippen molar-refractivity contribution < 1.29 is 22.1 Å². The Labute approximate surface area is 160 Å². The van der Waals surface area contributed by atoms with Crippen molar-refractivity contribution in [1.29, 1.82) is 0 Å². The van der Waals surface area contributed by atoms with Crippen molar-refractivity contribution in [2.24, 2.45) is 5.92 Å². The first-order valence-corrected chi connectivity index (χ1v) is 10.7. The fraction of sp³-hybridized carbons (Fsp3) is 0.429. The van der Waals surface area contributed by atoms with Crippen molar-refractivity contribution in [1.82, 2.24) is 0 Å². The Bertz CT molecular complexity index is 881. The van der Waals surface area contributed by atoms with Crippen molar-refractivity contribution >= 4 is 10.1 Å². The van der Waals surface area contributed by atoms with E-state index < -0.39 is 10.1 Å². The van der Waals surface area contributed by atoms with E-state index in [0.717, 1.165) is 43.4 Å². The predicted octanol–water partition coefficient (Wildman–Crippen LogP) is 3.85. The molecule has 0 saturated carbocycles. The molecule has 4 rings (SSSR count). The summed E-state index contributed by atoms with van der Waals surface area (Å²) in [6, 6.07) is 13.9. The highest BCUT2D eigenvalue weighted by molar-refractivity contribution is 7.87. The quantitative estimate of drug-likeness (QED) is 0.728. The number of ether oxygens (including phenoxy) is 2. The normalized spacial score (nSPS) is 25.1.